The van der Waals surface area contributed by atoms with Crippen molar-refractivity contribution in [3.05, 3.63) is 68.7 Å². The number of fused-ring (bicyclic) bond motifs is 1. The lowest BCUT2D eigenvalue weighted by Gasteiger charge is -2.14. The van der Waals surface area contributed by atoms with Crippen molar-refractivity contribution in [1.29, 1.82) is 0 Å². The molecule has 1 aliphatic rings. The predicted molar refractivity (Wildman–Crippen MR) is 115 cm³/mol. The Morgan fingerprint density at radius 2 is 2.10 bits per heavy atom. The van der Waals surface area contributed by atoms with Crippen LogP contribution < -0.4 is 5.32 Å². The van der Waals surface area contributed by atoms with Gasteiger partial charge in [-0.3, -0.25) is 14.5 Å². The van der Waals surface area contributed by atoms with Crippen LogP contribution in [0.25, 0.3) is 17.0 Å². The van der Waals surface area contributed by atoms with Crippen molar-refractivity contribution in [2.24, 2.45) is 4.99 Å². The summed E-state index contributed by atoms with van der Waals surface area (Å²) in [5.41, 5.74) is 0.929. The number of amidine groups is 1. The zero-order valence-electron chi connectivity index (χ0n) is 15.5. The molecule has 30 heavy (non-hydrogen) atoms. The molecule has 1 saturated heterocycles. The summed E-state index contributed by atoms with van der Waals surface area (Å²) in [6.45, 7) is -0.0136. The Balaban J connectivity index is 1.66. The number of alkyl halides is 3. The number of halogens is 4. The molecule has 3 aromatic rings. The highest BCUT2D eigenvalue weighted by molar-refractivity contribution is 9.10. The van der Waals surface area contributed by atoms with E-state index in [9.17, 15) is 18.0 Å². The third kappa shape index (κ3) is 4.15. The highest BCUT2D eigenvalue weighted by Crippen LogP contribution is 2.37. The molecule has 1 aromatic heterocycles. The number of hydrogen-bond acceptors (Lipinski definition) is 4. The Labute approximate surface area is 182 Å². The van der Waals surface area contributed by atoms with Crippen molar-refractivity contribution in [1.82, 2.24) is 15.1 Å². The maximum absolute atomic E-state index is 13.4. The maximum Gasteiger partial charge on any atom is 0.417 e. The fourth-order valence-corrected chi connectivity index (χ4v) is 4.62. The minimum atomic E-state index is -4.47. The van der Waals surface area contributed by atoms with Gasteiger partial charge in [-0.15, -0.1) is 0 Å². The van der Waals surface area contributed by atoms with Crippen molar-refractivity contribution < 1.29 is 18.0 Å². The number of benzene rings is 2. The van der Waals surface area contributed by atoms with Gasteiger partial charge in [0, 0.05) is 23.1 Å². The van der Waals surface area contributed by atoms with Crippen LogP contribution in [0.15, 0.2) is 57.0 Å². The molecule has 0 radical (unpaired) electrons. The zero-order chi connectivity index (χ0) is 21.5. The number of hydrogen-bond donors (Lipinski definition) is 1. The average molecular weight is 495 g/mol. The molecule has 4 rings (SSSR count). The van der Waals surface area contributed by atoms with E-state index < -0.39 is 11.7 Å². The van der Waals surface area contributed by atoms with Gasteiger partial charge in [-0.1, -0.05) is 34.1 Å². The Morgan fingerprint density at radius 3 is 2.83 bits per heavy atom. The number of rotatable bonds is 3. The Hall–Kier alpha value is -2.59. The van der Waals surface area contributed by atoms with Gasteiger partial charge in [0.25, 0.3) is 5.24 Å². The number of carbonyl (C=O) groups excluding carboxylic acids is 1. The monoisotopic (exact) mass is 494 g/mol. The van der Waals surface area contributed by atoms with E-state index in [1.54, 1.807) is 25.4 Å². The van der Waals surface area contributed by atoms with Crippen molar-refractivity contribution >= 4 is 55.7 Å². The predicted octanol–water partition coefficient (Wildman–Crippen LogP) is 5.69. The molecule has 0 spiro atoms. The van der Waals surface area contributed by atoms with Crippen molar-refractivity contribution in [3.63, 3.8) is 0 Å². The number of aliphatic imine (C=N–C) groups is 1. The molecule has 1 aliphatic heterocycles. The summed E-state index contributed by atoms with van der Waals surface area (Å²) in [6, 6.07) is 9.89. The minimum absolute atomic E-state index is 0.00346. The van der Waals surface area contributed by atoms with E-state index >= 15 is 0 Å². The molecule has 10 heteroatoms. The van der Waals surface area contributed by atoms with Crippen molar-refractivity contribution in [2.45, 2.75) is 12.7 Å². The summed E-state index contributed by atoms with van der Waals surface area (Å²) in [5, 5.41) is 7.65. The van der Waals surface area contributed by atoms with Crippen LogP contribution in [0.1, 0.15) is 16.7 Å². The molecule has 0 bridgehead atoms. The van der Waals surface area contributed by atoms with Crippen LogP contribution in [0.3, 0.4) is 0 Å². The summed E-state index contributed by atoms with van der Waals surface area (Å²) in [6.07, 6.45) is -0.930. The molecule has 2 aromatic carbocycles. The number of nitrogens with zero attached hydrogens (tertiary/aromatic N) is 3. The van der Waals surface area contributed by atoms with E-state index in [-0.39, 0.29) is 21.8 Å². The number of thioether (sulfide) groups is 1. The molecule has 2 heterocycles. The number of carbonyl (C=O) groups is 1. The third-order valence-corrected chi connectivity index (χ3v) is 5.95. The fraction of sp³-hybridized carbons (Fsp3) is 0.150. The topological polar surface area (TPSA) is 59.3 Å². The normalized spacial score (nSPS) is 17.3. The number of aromatic nitrogens is 2. The summed E-state index contributed by atoms with van der Waals surface area (Å²) in [5.74, 6) is 0.509. The van der Waals surface area contributed by atoms with E-state index in [0.717, 1.165) is 22.7 Å². The molecule has 0 atom stereocenters. The highest BCUT2D eigenvalue weighted by Gasteiger charge is 2.35. The smallest absolute Gasteiger partial charge is 0.300 e. The van der Waals surface area contributed by atoms with Crippen LogP contribution in [0.5, 0.6) is 0 Å². The third-order valence-electron chi connectivity index (χ3n) is 4.47. The van der Waals surface area contributed by atoms with Gasteiger partial charge in [-0.25, -0.2) is 0 Å². The van der Waals surface area contributed by atoms with Gasteiger partial charge in [0.1, 0.15) is 5.84 Å². The SMILES string of the molecule is CN=C1NC(=O)S/C1=C\c1ccc2nn(Cc3cccc(Br)c3C(F)(F)F)cc2c1. The number of nitrogens with one attached hydrogen (secondary N) is 1. The first kappa shape index (κ1) is 20.7. The molecule has 154 valence electrons. The van der Waals surface area contributed by atoms with E-state index in [1.807, 2.05) is 18.2 Å². The summed E-state index contributed by atoms with van der Waals surface area (Å²) in [4.78, 5) is 16.3. The zero-order valence-corrected chi connectivity index (χ0v) is 17.9. The van der Waals surface area contributed by atoms with Crippen LogP contribution >= 0.6 is 27.7 Å². The van der Waals surface area contributed by atoms with E-state index in [1.165, 1.54) is 16.8 Å². The lowest BCUT2D eigenvalue weighted by atomic mass is 10.1. The lowest BCUT2D eigenvalue weighted by molar-refractivity contribution is -0.138. The molecule has 1 amide bonds. The Kier molecular flexibility index (Phi) is 5.46. The lowest BCUT2D eigenvalue weighted by Crippen LogP contribution is -2.18. The van der Waals surface area contributed by atoms with Crippen LogP contribution in [0.4, 0.5) is 18.0 Å². The van der Waals surface area contributed by atoms with E-state index in [4.69, 9.17) is 0 Å². The van der Waals surface area contributed by atoms with Gasteiger partial charge in [0.05, 0.1) is 22.5 Å². The molecule has 1 N–H and O–H groups in total. The van der Waals surface area contributed by atoms with Gasteiger partial charge >= 0.3 is 6.18 Å². The fourth-order valence-electron chi connectivity index (χ4n) is 3.21. The van der Waals surface area contributed by atoms with Crippen molar-refractivity contribution in [2.75, 3.05) is 7.05 Å². The van der Waals surface area contributed by atoms with Crippen LogP contribution in [-0.2, 0) is 12.7 Å². The molecule has 0 unspecified atom stereocenters. The molecule has 1 fully saturated rings. The van der Waals surface area contributed by atoms with Gasteiger partial charge in [0.2, 0.25) is 0 Å². The Morgan fingerprint density at radius 1 is 1.30 bits per heavy atom. The highest BCUT2D eigenvalue weighted by atomic mass is 79.9. The molecule has 0 saturated carbocycles. The molecule has 5 nitrogen and oxygen atoms in total. The second-order valence-corrected chi connectivity index (χ2v) is 8.38. The summed E-state index contributed by atoms with van der Waals surface area (Å²) >= 11 is 4.06. The largest absolute Gasteiger partial charge is 0.417 e. The number of amides is 1. The van der Waals surface area contributed by atoms with Gasteiger partial charge in [-0.05, 0) is 47.2 Å². The molecule has 0 aliphatic carbocycles. The van der Waals surface area contributed by atoms with E-state index in [0.29, 0.717) is 16.3 Å². The second kappa shape index (κ2) is 7.92. The minimum Gasteiger partial charge on any atom is -0.300 e. The van der Waals surface area contributed by atoms with Gasteiger partial charge < -0.3 is 5.32 Å². The van der Waals surface area contributed by atoms with Crippen LogP contribution in [0, 0.1) is 0 Å². The van der Waals surface area contributed by atoms with E-state index in [2.05, 4.69) is 31.3 Å². The summed E-state index contributed by atoms with van der Waals surface area (Å²) < 4.78 is 41.8. The standard InChI is InChI=1S/C20H14BrF3N4OS/c1-25-18-16(30-19(29)26-18)8-11-5-6-15-13(7-11)10-28(27-15)9-12-3-2-4-14(21)17(12)20(22,23)24/h2-8,10H,9H2,1H3,(H,25,26,29)/b16-8-. The quantitative estimate of drug-likeness (QED) is 0.508. The van der Waals surface area contributed by atoms with Crippen molar-refractivity contribution in [3.8, 4) is 0 Å². The first-order valence-electron chi connectivity index (χ1n) is 8.74. The maximum atomic E-state index is 13.4. The van der Waals surface area contributed by atoms with Crippen LogP contribution in [-0.4, -0.2) is 27.9 Å². The van der Waals surface area contributed by atoms with Gasteiger partial charge in [-0.2, -0.15) is 18.3 Å². The summed E-state index contributed by atoms with van der Waals surface area (Å²) in [7, 11) is 1.60. The van der Waals surface area contributed by atoms with Crippen LogP contribution in [0.2, 0.25) is 0 Å². The molecular formula is C20H14BrF3N4OS. The molecular weight excluding hydrogens is 481 g/mol. The van der Waals surface area contributed by atoms with Gasteiger partial charge in [0.15, 0.2) is 0 Å². The average Bonchev–Trinajstić information content (AvgIpc) is 3.22. The Bertz CT molecular complexity index is 1220. The second-order valence-electron chi connectivity index (χ2n) is 6.51. The first-order valence-corrected chi connectivity index (χ1v) is 10.3. The first-order chi connectivity index (χ1) is 14.2.